The van der Waals surface area contributed by atoms with Crippen LogP contribution >= 0.6 is 0 Å². The molecule has 12 nitrogen and oxygen atoms in total. The lowest BCUT2D eigenvalue weighted by Crippen LogP contribution is -2.38. The normalized spacial score (nSPS) is 12.2. The quantitative estimate of drug-likeness (QED) is 0.101. The molecule has 0 aliphatic carbocycles. The fraction of sp³-hybridized carbons (Fsp3) is 0.302. The molecule has 0 spiro atoms. The molecule has 2 heterocycles. The minimum Gasteiger partial charge on any atom is -0.377 e. The number of hydrogen-bond acceptors (Lipinski definition) is 10. The highest BCUT2D eigenvalue weighted by Crippen LogP contribution is 2.31. The Bertz CT molecular complexity index is 2300. The van der Waals surface area contributed by atoms with E-state index < -0.39 is 20.0 Å². The maximum absolute atomic E-state index is 13.7. The predicted molar refractivity (Wildman–Crippen MR) is 231 cm³/mol. The van der Waals surface area contributed by atoms with Gasteiger partial charge in [-0.3, -0.25) is 19.8 Å². The summed E-state index contributed by atoms with van der Waals surface area (Å²) in [5.41, 5.74) is 3.67. The molecular formula is C43H52N8O4S2. The van der Waals surface area contributed by atoms with Gasteiger partial charge in [-0.25, -0.2) is 26.3 Å². The van der Waals surface area contributed by atoms with Gasteiger partial charge in [0.25, 0.3) is 0 Å². The van der Waals surface area contributed by atoms with Crippen molar-refractivity contribution in [3.63, 3.8) is 0 Å². The Kier molecular flexibility index (Phi) is 13.9. The van der Waals surface area contributed by atoms with Crippen LogP contribution in [0.5, 0.6) is 0 Å². The van der Waals surface area contributed by atoms with Crippen LogP contribution < -0.4 is 19.2 Å². The van der Waals surface area contributed by atoms with E-state index in [9.17, 15) is 16.8 Å². The van der Waals surface area contributed by atoms with Gasteiger partial charge >= 0.3 is 0 Å². The number of nitrogens with one attached hydrogen (secondary N) is 2. The summed E-state index contributed by atoms with van der Waals surface area (Å²) < 4.78 is 60.5. The number of hydrogen-bond donors (Lipinski definition) is 2. The number of anilines is 2. The molecule has 0 aliphatic heterocycles. The summed E-state index contributed by atoms with van der Waals surface area (Å²) in [5.74, 6) is 0. The topological polar surface area (TPSA) is 131 Å². The minimum absolute atomic E-state index is 0.211. The molecule has 0 atom stereocenters. The van der Waals surface area contributed by atoms with Gasteiger partial charge in [-0.05, 0) is 68.0 Å². The van der Waals surface area contributed by atoms with Crippen LogP contribution in [0.3, 0.4) is 0 Å². The second kappa shape index (κ2) is 19.0. The zero-order valence-electron chi connectivity index (χ0n) is 33.0. The van der Waals surface area contributed by atoms with Gasteiger partial charge in [0.1, 0.15) is 0 Å². The molecule has 4 aromatic carbocycles. The molecule has 2 aromatic heterocycles. The van der Waals surface area contributed by atoms with Crippen LogP contribution in [0.25, 0.3) is 21.5 Å². The minimum atomic E-state index is -3.81. The van der Waals surface area contributed by atoms with Gasteiger partial charge < -0.3 is 9.80 Å². The zero-order valence-corrected chi connectivity index (χ0v) is 34.7. The average molecular weight is 809 g/mol. The molecule has 0 saturated heterocycles. The van der Waals surface area contributed by atoms with E-state index in [0.29, 0.717) is 50.0 Å². The average Bonchev–Trinajstić information content (AvgIpc) is 3.20. The first kappa shape index (κ1) is 41.7. The third-order valence-electron chi connectivity index (χ3n) is 9.87. The second-order valence-electron chi connectivity index (χ2n) is 14.4. The van der Waals surface area contributed by atoms with E-state index in [1.54, 1.807) is 36.7 Å². The molecule has 300 valence electrons. The van der Waals surface area contributed by atoms with Crippen LogP contribution in [-0.4, -0.2) is 104 Å². The van der Waals surface area contributed by atoms with Crippen molar-refractivity contribution in [2.45, 2.75) is 29.3 Å². The number of pyridine rings is 2. The highest BCUT2D eigenvalue weighted by atomic mass is 32.2. The van der Waals surface area contributed by atoms with Gasteiger partial charge in [-0.15, -0.1) is 0 Å². The van der Waals surface area contributed by atoms with Gasteiger partial charge in [0, 0.05) is 113 Å². The largest absolute Gasteiger partial charge is 0.377 e. The van der Waals surface area contributed by atoms with E-state index in [4.69, 9.17) is 0 Å². The maximum Gasteiger partial charge on any atom is 0.241 e. The molecule has 0 unspecified atom stereocenters. The van der Waals surface area contributed by atoms with Crippen molar-refractivity contribution < 1.29 is 16.8 Å². The van der Waals surface area contributed by atoms with E-state index in [0.717, 1.165) is 40.0 Å². The summed E-state index contributed by atoms with van der Waals surface area (Å²) in [4.78, 5) is 17.9. The molecule has 0 aliphatic rings. The van der Waals surface area contributed by atoms with E-state index in [1.807, 2.05) is 123 Å². The first-order chi connectivity index (χ1) is 27.4. The Morgan fingerprint density at radius 2 is 0.877 bits per heavy atom. The van der Waals surface area contributed by atoms with Crippen molar-refractivity contribution in [3.8, 4) is 0 Å². The summed E-state index contributed by atoms with van der Waals surface area (Å²) in [6, 6.07) is 33.7. The predicted octanol–water partition coefficient (Wildman–Crippen LogP) is 5.57. The summed E-state index contributed by atoms with van der Waals surface area (Å²) >= 11 is 0. The lowest BCUT2D eigenvalue weighted by molar-refractivity contribution is 0.218. The molecule has 2 N–H and O–H groups in total. The monoisotopic (exact) mass is 808 g/mol. The lowest BCUT2D eigenvalue weighted by atomic mass is 10.1. The Labute approximate surface area is 337 Å². The number of nitrogens with zero attached hydrogens (tertiary/aromatic N) is 6. The van der Waals surface area contributed by atoms with Crippen LogP contribution in [0, 0.1) is 0 Å². The van der Waals surface area contributed by atoms with Crippen molar-refractivity contribution in [2.75, 3.05) is 77.3 Å². The van der Waals surface area contributed by atoms with Gasteiger partial charge in [-0.1, -0.05) is 60.7 Å². The third kappa shape index (κ3) is 10.7. The van der Waals surface area contributed by atoms with E-state index in [1.165, 1.54) is 0 Å². The fourth-order valence-corrected chi connectivity index (χ4v) is 9.59. The second-order valence-corrected chi connectivity index (χ2v) is 17.9. The maximum atomic E-state index is 13.7. The first-order valence-electron chi connectivity index (χ1n) is 19.0. The van der Waals surface area contributed by atoms with Crippen LogP contribution in [-0.2, 0) is 33.1 Å². The molecular weight excluding hydrogens is 757 g/mol. The fourth-order valence-electron chi connectivity index (χ4n) is 7.11. The van der Waals surface area contributed by atoms with E-state index >= 15 is 0 Å². The highest BCUT2D eigenvalue weighted by molar-refractivity contribution is 7.90. The number of rotatable bonds is 20. The van der Waals surface area contributed by atoms with Crippen LogP contribution in [0.15, 0.2) is 131 Å². The Hall–Kier alpha value is -4.96. The zero-order chi connectivity index (χ0) is 40.4. The van der Waals surface area contributed by atoms with E-state index in [-0.39, 0.29) is 22.9 Å². The lowest BCUT2D eigenvalue weighted by Gasteiger charge is -2.26. The number of sulfonamides is 2. The molecule has 0 radical (unpaired) electrons. The van der Waals surface area contributed by atoms with Crippen molar-refractivity contribution in [2.24, 2.45) is 0 Å². The van der Waals surface area contributed by atoms with Crippen LogP contribution in [0.2, 0.25) is 0 Å². The highest BCUT2D eigenvalue weighted by Gasteiger charge is 2.21. The molecule has 0 bridgehead atoms. The third-order valence-corrected chi connectivity index (χ3v) is 12.9. The Balaban J connectivity index is 1.12. The van der Waals surface area contributed by atoms with Crippen molar-refractivity contribution in [3.05, 3.63) is 133 Å². The number of benzene rings is 4. The molecule has 0 fully saturated rings. The van der Waals surface area contributed by atoms with Gasteiger partial charge in [0.2, 0.25) is 20.0 Å². The Morgan fingerprint density at radius 3 is 1.26 bits per heavy atom. The van der Waals surface area contributed by atoms with Crippen molar-refractivity contribution in [1.29, 1.82) is 0 Å². The molecule has 6 aromatic rings. The summed E-state index contributed by atoms with van der Waals surface area (Å²) in [5, 5.41) is 3.09. The summed E-state index contributed by atoms with van der Waals surface area (Å²) in [6.07, 6.45) is 4.26. The molecule has 6 rings (SSSR count). The summed E-state index contributed by atoms with van der Waals surface area (Å²) in [6.45, 7) is 3.76. The molecule has 0 saturated carbocycles. The first-order valence-corrected chi connectivity index (χ1v) is 22.0. The number of fused-ring (bicyclic) bond motifs is 2. The van der Waals surface area contributed by atoms with Gasteiger partial charge in [0.05, 0.1) is 21.2 Å². The van der Waals surface area contributed by atoms with Crippen LogP contribution in [0.4, 0.5) is 11.4 Å². The molecule has 14 heteroatoms. The number of aromatic nitrogens is 2. The van der Waals surface area contributed by atoms with E-state index in [2.05, 4.69) is 29.2 Å². The molecule has 0 amide bonds. The Morgan fingerprint density at radius 1 is 0.474 bits per heavy atom. The summed E-state index contributed by atoms with van der Waals surface area (Å²) in [7, 11) is 0.145. The molecule has 57 heavy (non-hydrogen) atoms. The van der Waals surface area contributed by atoms with Crippen molar-refractivity contribution >= 4 is 53.0 Å². The SMILES string of the molecule is CN(C)c1cccc2c(S(=O)(=O)NCCN(CCCN(CCNS(=O)(=O)c3cccc4c(N(C)C)cccc34)Cc3ccccn3)Cc3ccccn3)cccc12. The van der Waals surface area contributed by atoms with Gasteiger partial charge in [0.15, 0.2) is 0 Å². The van der Waals surface area contributed by atoms with Crippen LogP contribution in [0.1, 0.15) is 17.8 Å². The standard InChI is InChI=1S/C43H52N8O4S2/c1-48(2)40-20-9-18-38-36(40)16-11-22-42(38)56(52,53)46-26-30-50(32-34-14-5-7-24-44-34)28-13-29-51(33-35-15-6-8-25-45-35)31-27-47-57(54,55)43-23-12-17-37-39(43)19-10-21-41(37)49(3)4/h5-12,14-25,46-47H,13,26-33H2,1-4H3. The smallest absolute Gasteiger partial charge is 0.241 e. The van der Waals surface area contributed by atoms with Crippen molar-refractivity contribution in [1.82, 2.24) is 29.2 Å². The van der Waals surface area contributed by atoms with Gasteiger partial charge in [-0.2, -0.15) is 0 Å².